The molecule has 4 unspecified atom stereocenters. The van der Waals surface area contributed by atoms with Gasteiger partial charge in [0.1, 0.15) is 18.3 Å². The zero-order chi connectivity index (χ0) is 29.4. The number of rotatable bonds is 12. The van der Waals surface area contributed by atoms with E-state index in [-0.39, 0.29) is 29.5 Å². The van der Waals surface area contributed by atoms with Gasteiger partial charge in [0, 0.05) is 19.1 Å². The second-order valence-electron chi connectivity index (χ2n) is 10.8. The number of aliphatic carboxylic acids is 1. The molecule has 2 aromatic rings. The molecule has 2 aliphatic rings. The molecule has 2 aromatic carbocycles. The van der Waals surface area contributed by atoms with E-state index in [9.17, 15) is 24.3 Å². The molecule has 4 atom stereocenters. The number of nitrogens with two attached hydrogens (primary N) is 1. The van der Waals surface area contributed by atoms with E-state index in [1.54, 1.807) is 29.2 Å². The normalized spacial score (nSPS) is 20.4. The Bertz CT molecular complexity index is 1210. The van der Waals surface area contributed by atoms with Gasteiger partial charge in [0.15, 0.2) is 0 Å². The number of phenolic OH excluding ortho intramolecular Hbond substituents is 1. The predicted octanol–water partition coefficient (Wildman–Crippen LogP) is 0.646. The number of carboxylic acids is 1. The molecule has 6 N–H and O–H groups in total. The van der Waals surface area contributed by atoms with E-state index in [4.69, 9.17) is 10.8 Å². The van der Waals surface area contributed by atoms with Crippen LogP contribution in [0.3, 0.4) is 0 Å². The van der Waals surface area contributed by atoms with Crippen molar-refractivity contribution in [2.24, 2.45) is 5.73 Å². The van der Waals surface area contributed by atoms with Crippen molar-refractivity contribution in [1.29, 1.82) is 0 Å². The van der Waals surface area contributed by atoms with Crippen LogP contribution in [0.4, 0.5) is 0 Å². The molecule has 220 valence electrons. The number of carbonyl (C=O) groups is 4. The predicted molar refractivity (Wildman–Crippen MR) is 152 cm³/mol. The van der Waals surface area contributed by atoms with Gasteiger partial charge in [0.25, 0.3) is 0 Å². The molecule has 2 saturated heterocycles. The number of carbonyl (C=O) groups excluding carboxylic acids is 3. The van der Waals surface area contributed by atoms with E-state index in [1.165, 1.54) is 0 Å². The summed E-state index contributed by atoms with van der Waals surface area (Å²) in [5.41, 5.74) is 8.11. The maximum absolute atomic E-state index is 13.6. The maximum Gasteiger partial charge on any atom is 0.322 e. The van der Waals surface area contributed by atoms with Crippen LogP contribution in [0.1, 0.15) is 36.8 Å². The Morgan fingerprint density at radius 3 is 2.24 bits per heavy atom. The fraction of sp³-hybridized carbons (Fsp3) is 0.467. The van der Waals surface area contributed by atoms with Crippen LogP contribution >= 0.6 is 0 Å². The SMILES string of the molecule is NC(Cc1ccc(O)cc1)C(=O)N1CCCC1C(=O)NC(Cc1ccccc1)CN1CCCC1C(=O)NCC(=O)O. The highest BCUT2D eigenvalue weighted by Crippen LogP contribution is 2.22. The minimum absolute atomic E-state index is 0.135. The Hall–Kier alpha value is -3.96. The number of nitrogens with one attached hydrogen (secondary N) is 2. The molecule has 41 heavy (non-hydrogen) atoms. The van der Waals surface area contributed by atoms with Crippen molar-refractivity contribution in [1.82, 2.24) is 20.4 Å². The Morgan fingerprint density at radius 1 is 0.878 bits per heavy atom. The van der Waals surface area contributed by atoms with Gasteiger partial charge in [-0.1, -0.05) is 42.5 Å². The van der Waals surface area contributed by atoms with Crippen molar-refractivity contribution in [3.05, 3.63) is 65.7 Å². The van der Waals surface area contributed by atoms with Crippen LogP contribution in [-0.4, -0.2) is 94.1 Å². The van der Waals surface area contributed by atoms with Crippen molar-refractivity contribution in [3.8, 4) is 5.75 Å². The Kier molecular flexibility index (Phi) is 10.3. The average Bonchev–Trinajstić information content (AvgIpc) is 3.63. The number of phenols is 1. The second kappa shape index (κ2) is 14.1. The molecule has 2 heterocycles. The zero-order valence-corrected chi connectivity index (χ0v) is 23.1. The molecule has 0 aliphatic carbocycles. The highest BCUT2D eigenvalue weighted by molar-refractivity contribution is 5.90. The third kappa shape index (κ3) is 8.27. The fourth-order valence-corrected chi connectivity index (χ4v) is 5.75. The molecule has 2 aliphatic heterocycles. The number of hydrogen-bond donors (Lipinski definition) is 5. The summed E-state index contributed by atoms with van der Waals surface area (Å²) in [5.74, 6) is -1.83. The van der Waals surface area contributed by atoms with Gasteiger partial charge in [0.2, 0.25) is 17.7 Å². The molecule has 11 nitrogen and oxygen atoms in total. The molecule has 4 rings (SSSR count). The van der Waals surface area contributed by atoms with E-state index < -0.39 is 30.6 Å². The summed E-state index contributed by atoms with van der Waals surface area (Å²) in [6, 6.07) is 14.0. The Morgan fingerprint density at radius 2 is 1.54 bits per heavy atom. The number of aromatic hydroxyl groups is 1. The fourth-order valence-electron chi connectivity index (χ4n) is 5.75. The van der Waals surface area contributed by atoms with Gasteiger partial charge in [-0.3, -0.25) is 24.1 Å². The van der Waals surface area contributed by atoms with Crippen molar-refractivity contribution in [3.63, 3.8) is 0 Å². The maximum atomic E-state index is 13.6. The smallest absolute Gasteiger partial charge is 0.322 e. The van der Waals surface area contributed by atoms with Crippen molar-refractivity contribution in [2.45, 2.75) is 62.7 Å². The van der Waals surface area contributed by atoms with Crippen LogP contribution in [0.2, 0.25) is 0 Å². The van der Waals surface area contributed by atoms with Crippen LogP contribution in [0.25, 0.3) is 0 Å². The molecule has 0 radical (unpaired) electrons. The third-order valence-electron chi connectivity index (χ3n) is 7.75. The average molecular weight is 566 g/mol. The molecular formula is C30H39N5O6. The summed E-state index contributed by atoms with van der Waals surface area (Å²) in [6.45, 7) is 1.08. The van der Waals surface area contributed by atoms with Crippen LogP contribution in [0.5, 0.6) is 5.75 Å². The van der Waals surface area contributed by atoms with E-state index in [1.807, 2.05) is 35.2 Å². The topological polar surface area (TPSA) is 165 Å². The molecule has 3 amide bonds. The molecule has 11 heteroatoms. The summed E-state index contributed by atoms with van der Waals surface area (Å²) < 4.78 is 0. The van der Waals surface area contributed by atoms with Gasteiger partial charge in [-0.15, -0.1) is 0 Å². The number of hydrogen-bond acceptors (Lipinski definition) is 7. The minimum Gasteiger partial charge on any atom is -0.508 e. The van der Waals surface area contributed by atoms with Gasteiger partial charge < -0.3 is 31.5 Å². The zero-order valence-electron chi connectivity index (χ0n) is 23.1. The molecule has 0 aromatic heterocycles. The van der Waals surface area contributed by atoms with Crippen LogP contribution in [0, 0.1) is 0 Å². The number of amides is 3. The highest BCUT2D eigenvalue weighted by atomic mass is 16.4. The van der Waals surface area contributed by atoms with Gasteiger partial charge in [-0.25, -0.2) is 0 Å². The third-order valence-corrected chi connectivity index (χ3v) is 7.75. The van der Waals surface area contributed by atoms with E-state index >= 15 is 0 Å². The van der Waals surface area contributed by atoms with E-state index in [2.05, 4.69) is 10.6 Å². The van der Waals surface area contributed by atoms with Crippen LogP contribution < -0.4 is 16.4 Å². The second-order valence-corrected chi connectivity index (χ2v) is 10.8. The van der Waals surface area contributed by atoms with Gasteiger partial charge >= 0.3 is 5.97 Å². The van der Waals surface area contributed by atoms with Crippen LogP contribution in [0.15, 0.2) is 54.6 Å². The highest BCUT2D eigenvalue weighted by Gasteiger charge is 2.38. The monoisotopic (exact) mass is 565 g/mol. The molecule has 0 spiro atoms. The lowest BCUT2D eigenvalue weighted by molar-refractivity contribution is -0.139. The first kappa shape index (κ1) is 30.0. The van der Waals surface area contributed by atoms with Crippen molar-refractivity contribution in [2.75, 3.05) is 26.2 Å². The molecule has 2 fully saturated rings. The molecule has 0 bridgehead atoms. The van der Waals surface area contributed by atoms with Gasteiger partial charge in [-0.2, -0.15) is 0 Å². The molecule has 0 saturated carbocycles. The molecular weight excluding hydrogens is 526 g/mol. The number of likely N-dealkylation sites (tertiary alicyclic amines) is 2. The Balaban J connectivity index is 1.43. The summed E-state index contributed by atoms with van der Waals surface area (Å²) in [4.78, 5) is 54.1. The number of nitrogens with zero attached hydrogens (tertiary/aromatic N) is 2. The van der Waals surface area contributed by atoms with Crippen molar-refractivity contribution < 1.29 is 29.4 Å². The lowest BCUT2D eigenvalue weighted by atomic mass is 10.0. The lowest BCUT2D eigenvalue weighted by Gasteiger charge is -2.31. The standard InChI is InChI=1S/C30H39N5O6/c31-24(17-21-10-12-23(36)13-11-21)30(41)35-15-5-9-26(35)29(40)33-22(16-20-6-2-1-3-7-20)19-34-14-4-8-25(34)28(39)32-18-27(37)38/h1-3,6-7,10-13,22,24-26,36H,4-5,8-9,14-19,31H2,(H,32,39)(H,33,40)(H,37,38). The first-order valence-electron chi connectivity index (χ1n) is 14.1. The quantitative estimate of drug-likeness (QED) is 0.250. The first-order valence-corrected chi connectivity index (χ1v) is 14.1. The summed E-state index contributed by atoms with van der Waals surface area (Å²) in [5, 5.41) is 24.1. The first-order chi connectivity index (χ1) is 19.7. The van der Waals surface area contributed by atoms with Gasteiger partial charge in [0.05, 0.1) is 12.1 Å². The number of carboxylic acid groups (broad SMARTS) is 1. The lowest BCUT2D eigenvalue weighted by Crippen LogP contribution is -2.56. The summed E-state index contributed by atoms with van der Waals surface area (Å²) in [6.07, 6.45) is 3.46. The largest absolute Gasteiger partial charge is 0.508 e. The summed E-state index contributed by atoms with van der Waals surface area (Å²) >= 11 is 0. The van der Waals surface area contributed by atoms with Crippen molar-refractivity contribution >= 4 is 23.7 Å². The Labute approximate surface area is 239 Å². The van der Waals surface area contributed by atoms with Gasteiger partial charge in [-0.05, 0) is 68.3 Å². The minimum atomic E-state index is -1.10. The summed E-state index contributed by atoms with van der Waals surface area (Å²) in [7, 11) is 0. The van der Waals surface area contributed by atoms with E-state index in [0.717, 1.165) is 17.5 Å². The van der Waals surface area contributed by atoms with E-state index in [0.29, 0.717) is 51.7 Å². The van der Waals surface area contributed by atoms with Crippen LogP contribution in [-0.2, 0) is 32.0 Å². The number of benzene rings is 2.